The number of aromatic nitrogens is 2. The van der Waals surface area contributed by atoms with Crippen molar-refractivity contribution in [3.8, 4) is 17.0 Å². The van der Waals surface area contributed by atoms with Crippen LogP contribution in [0.3, 0.4) is 0 Å². The van der Waals surface area contributed by atoms with Crippen molar-refractivity contribution in [2.45, 2.75) is 26.2 Å². The summed E-state index contributed by atoms with van der Waals surface area (Å²) in [7, 11) is 1.94. The number of benzene rings is 1. The fourth-order valence-electron chi connectivity index (χ4n) is 4.39. The number of fused-ring (bicyclic) bond motifs is 1. The molecule has 30 heavy (non-hydrogen) atoms. The number of pyridine rings is 1. The fourth-order valence-corrected chi connectivity index (χ4v) is 4.39. The molecule has 3 heterocycles. The summed E-state index contributed by atoms with van der Waals surface area (Å²) in [4.78, 5) is 32.3. The van der Waals surface area contributed by atoms with Crippen molar-refractivity contribution in [1.82, 2.24) is 9.55 Å². The third kappa shape index (κ3) is 2.82. The second-order valence-corrected chi connectivity index (χ2v) is 7.46. The van der Waals surface area contributed by atoms with E-state index in [-0.39, 0.29) is 0 Å². The number of carboxylic acid groups (broad SMARTS) is 1. The summed E-state index contributed by atoms with van der Waals surface area (Å²) < 4.78 is 2.02. The van der Waals surface area contributed by atoms with Gasteiger partial charge in [0.2, 0.25) is 5.69 Å². The first-order valence-electron chi connectivity index (χ1n) is 9.85. The Morgan fingerprint density at radius 2 is 2.00 bits per heavy atom. The van der Waals surface area contributed by atoms with E-state index in [1.54, 1.807) is 6.92 Å². The van der Waals surface area contributed by atoms with E-state index in [1.807, 2.05) is 29.8 Å². The number of nitrogens with one attached hydrogen (secondary N) is 1. The van der Waals surface area contributed by atoms with E-state index in [2.05, 4.69) is 14.7 Å². The zero-order chi connectivity index (χ0) is 21.6. The normalized spacial score (nSPS) is 13.7. The Morgan fingerprint density at radius 3 is 2.60 bits per heavy atom. The van der Waals surface area contributed by atoms with Gasteiger partial charge in [0.1, 0.15) is 11.6 Å². The molecule has 8 heteroatoms. The lowest BCUT2D eigenvalue weighted by atomic mass is 9.99. The van der Waals surface area contributed by atoms with Crippen LogP contribution in [0.2, 0.25) is 0 Å². The van der Waals surface area contributed by atoms with Crippen molar-refractivity contribution < 1.29 is 15.0 Å². The molecule has 0 radical (unpaired) electrons. The minimum atomic E-state index is -1.47. The standard InChI is InChI=1S/C22H22N4O4/c1-4-13-17(24-20(28)16(19(13)27)22(29)30)12-7-8-15-14(11-12)18(23-2)21(25(15)3)26-9-5-6-10-26/h7-8,11H,4-6,9-10H2,1,3H3,(H,29,30)(H2,24,27,28). The smallest absolute Gasteiger partial charge is 0.345 e. The molecule has 154 valence electrons. The van der Waals surface area contributed by atoms with Gasteiger partial charge in [-0.2, -0.15) is 0 Å². The summed E-state index contributed by atoms with van der Waals surface area (Å²) in [6, 6.07) is 5.53. The molecular formula is C22H22N4O4. The number of aromatic amines is 1. The molecule has 2 aromatic heterocycles. The van der Waals surface area contributed by atoms with E-state index in [9.17, 15) is 19.8 Å². The summed E-state index contributed by atoms with van der Waals surface area (Å²) in [5, 5.41) is 20.4. The maximum Gasteiger partial charge on any atom is 0.345 e. The maximum atomic E-state index is 12.3. The number of hydrogen-bond acceptors (Lipinski definition) is 4. The van der Waals surface area contributed by atoms with Crippen LogP contribution in [0.4, 0.5) is 11.5 Å². The second kappa shape index (κ2) is 7.26. The lowest BCUT2D eigenvalue weighted by molar-refractivity contribution is 0.0691. The molecule has 4 rings (SSSR count). The molecule has 1 aromatic carbocycles. The lowest BCUT2D eigenvalue weighted by Gasteiger charge is -2.19. The summed E-state index contributed by atoms with van der Waals surface area (Å²) in [5.74, 6) is -1.10. The third-order valence-corrected chi connectivity index (χ3v) is 5.81. The molecule has 0 spiro atoms. The SMILES string of the molecule is [C-]#[N+]c1c(N2CCCC2)n(C)c2ccc(-c3[nH]c(=O)c(C(=O)O)c(O)c3CC)cc12. The van der Waals surface area contributed by atoms with Crippen LogP contribution < -0.4 is 10.5 Å². The van der Waals surface area contributed by atoms with E-state index in [0.717, 1.165) is 42.7 Å². The van der Waals surface area contributed by atoms with Gasteiger partial charge in [0.15, 0.2) is 5.56 Å². The van der Waals surface area contributed by atoms with E-state index in [4.69, 9.17) is 6.57 Å². The lowest BCUT2D eigenvalue weighted by Crippen LogP contribution is -2.20. The molecular weight excluding hydrogens is 384 g/mol. The van der Waals surface area contributed by atoms with Crippen LogP contribution in [0.15, 0.2) is 23.0 Å². The zero-order valence-electron chi connectivity index (χ0n) is 16.8. The topological polar surface area (TPSA) is 103 Å². The molecule has 3 N–H and O–H groups in total. The number of aromatic hydroxyl groups is 1. The molecule has 3 aromatic rings. The van der Waals surface area contributed by atoms with Gasteiger partial charge in [-0.05, 0) is 30.9 Å². The molecule has 1 aliphatic heterocycles. The number of rotatable bonds is 4. The molecule has 1 fully saturated rings. The average Bonchev–Trinajstić information content (AvgIpc) is 3.33. The quantitative estimate of drug-likeness (QED) is 0.574. The number of aromatic carboxylic acids is 1. The third-order valence-electron chi connectivity index (χ3n) is 5.81. The molecule has 0 aliphatic carbocycles. The van der Waals surface area contributed by atoms with Crippen LogP contribution in [-0.4, -0.2) is 38.8 Å². The van der Waals surface area contributed by atoms with E-state index in [0.29, 0.717) is 28.9 Å². The van der Waals surface area contributed by atoms with Gasteiger partial charge in [-0.15, -0.1) is 0 Å². The number of carboxylic acids is 1. The Hall–Kier alpha value is -3.73. The molecule has 0 saturated carbocycles. The minimum absolute atomic E-state index is 0.333. The van der Waals surface area contributed by atoms with Crippen LogP contribution in [0, 0.1) is 6.57 Å². The Balaban J connectivity index is 1.97. The highest BCUT2D eigenvalue weighted by Gasteiger charge is 2.25. The highest BCUT2D eigenvalue weighted by molar-refractivity contribution is 6.03. The Morgan fingerprint density at radius 1 is 1.30 bits per heavy atom. The average molecular weight is 406 g/mol. The van der Waals surface area contributed by atoms with Crippen molar-refractivity contribution in [3.05, 3.63) is 51.1 Å². The number of carbonyl (C=O) groups is 1. The number of aryl methyl sites for hydroxylation is 1. The van der Waals surface area contributed by atoms with Gasteiger partial charge >= 0.3 is 5.97 Å². The Labute approximate surface area is 172 Å². The number of nitrogens with zero attached hydrogens (tertiary/aromatic N) is 3. The molecule has 0 unspecified atom stereocenters. The van der Waals surface area contributed by atoms with Crippen molar-refractivity contribution in [2.24, 2.45) is 7.05 Å². The Bertz CT molecular complexity index is 1270. The highest BCUT2D eigenvalue weighted by Crippen LogP contribution is 2.42. The monoisotopic (exact) mass is 406 g/mol. The number of anilines is 1. The van der Waals surface area contributed by atoms with Gasteiger partial charge < -0.3 is 24.7 Å². The van der Waals surface area contributed by atoms with Gasteiger partial charge in [-0.25, -0.2) is 9.64 Å². The zero-order valence-corrected chi connectivity index (χ0v) is 16.8. The van der Waals surface area contributed by atoms with Crippen LogP contribution in [0.1, 0.15) is 35.7 Å². The Kier molecular flexibility index (Phi) is 4.74. The van der Waals surface area contributed by atoms with Crippen LogP contribution >= 0.6 is 0 Å². The molecule has 0 atom stereocenters. The van der Waals surface area contributed by atoms with Crippen molar-refractivity contribution in [2.75, 3.05) is 18.0 Å². The second-order valence-electron chi connectivity index (χ2n) is 7.46. The van der Waals surface area contributed by atoms with E-state index < -0.39 is 22.8 Å². The van der Waals surface area contributed by atoms with Gasteiger partial charge in [0.25, 0.3) is 5.56 Å². The van der Waals surface area contributed by atoms with Crippen molar-refractivity contribution in [1.29, 1.82) is 0 Å². The summed E-state index contributed by atoms with van der Waals surface area (Å²) in [5.41, 5.74) is 1.28. The fraction of sp³-hybridized carbons (Fsp3) is 0.318. The van der Waals surface area contributed by atoms with Gasteiger partial charge in [-0.1, -0.05) is 19.1 Å². The predicted molar refractivity (Wildman–Crippen MR) is 115 cm³/mol. The molecule has 0 bridgehead atoms. The van der Waals surface area contributed by atoms with Gasteiger partial charge in [-0.3, -0.25) is 4.79 Å². The first kappa shape index (κ1) is 19.6. The van der Waals surface area contributed by atoms with E-state index >= 15 is 0 Å². The van der Waals surface area contributed by atoms with Crippen molar-refractivity contribution >= 4 is 28.4 Å². The maximum absolute atomic E-state index is 12.3. The van der Waals surface area contributed by atoms with E-state index in [1.165, 1.54) is 0 Å². The van der Waals surface area contributed by atoms with Gasteiger partial charge in [0.05, 0.1) is 12.3 Å². The van der Waals surface area contributed by atoms with Crippen molar-refractivity contribution in [3.63, 3.8) is 0 Å². The number of H-pyrrole nitrogens is 1. The predicted octanol–water partition coefficient (Wildman–Crippen LogP) is 3.65. The highest BCUT2D eigenvalue weighted by atomic mass is 16.4. The molecule has 1 aliphatic rings. The van der Waals surface area contributed by atoms with Gasteiger partial charge in [0, 0.05) is 36.6 Å². The first-order chi connectivity index (χ1) is 14.4. The summed E-state index contributed by atoms with van der Waals surface area (Å²) >= 11 is 0. The molecule has 0 amide bonds. The molecule has 1 saturated heterocycles. The largest absolute Gasteiger partial charge is 0.506 e. The first-order valence-corrected chi connectivity index (χ1v) is 9.85. The minimum Gasteiger partial charge on any atom is -0.506 e. The molecule has 8 nitrogen and oxygen atoms in total. The van der Waals surface area contributed by atoms with Crippen LogP contribution in [-0.2, 0) is 13.5 Å². The number of hydrogen-bond donors (Lipinski definition) is 3. The van der Waals surface area contributed by atoms with Crippen LogP contribution in [0.5, 0.6) is 5.75 Å². The van der Waals surface area contributed by atoms with Crippen LogP contribution in [0.25, 0.3) is 27.0 Å². The summed E-state index contributed by atoms with van der Waals surface area (Å²) in [6.07, 6.45) is 2.53. The summed E-state index contributed by atoms with van der Waals surface area (Å²) in [6.45, 7) is 11.4.